The van der Waals surface area contributed by atoms with Crippen molar-refractivity contribution in [3.8, 4) is 28.8 Å². The van der Waals surface area contributed by atoms with Crippen LogP contribution in [0.5, 0.6) is 11.6 Å². The van der Waals surface area contributed by atoms with Crippen molar-refractivity contribution >= 4 is 5.97 Å². The summed E-state index contributed by atoms with van der Waals surface area (Å²) >= 11 is 0. The zero-order valence-electron chi connectivity index (χ0n) is 18.5. The van der Waals surface area contributed by atoms with Crippen molar-refractivity contribution in [1.82, 2.24) is 29.3 Å². The van der Waals surface area contributed by atoms with Crippen LogP contribution < -0.4 is 9.47 Å². The van der Waals surface area contributed by atoms with Crippen LogP contribution in [0, 0.1) is 0 Å². The number of rotatable bonds is 9. The van der Waals surface area contributed by atoms with Crippen LogP contribution in [0.4, 0.5) is 0 Å². The molecule has 170 valence electrons. The molecule has 10 nitrogen and oxygen atoms in total. The van der Waals surface area contributed by atoms with Gasteiger partial charge < -0.3 is 14.6 Å². The number of hydrogen-bond acceptors (Lipinski definition) is 7. The first-order chi connectivity index (χ1) is 15.9. The molecule has 10 heteroatoms. The van der Waals surface area contributed by atoms with Crippen LogP contribution in [0.2, 0.25) is 0 Å². The van der Waals surface area contributed by atoms with Crippen LogP contribution in [0.3, 0.4) is 0 Å². The number of aliphatic carboxylic acids is 1. The highest BCUT2D eigenvalue weighted by Crippen LogP contribution is 2.35. The van der Waals surface area contributed by atoms with Gasteiger partial charge in [-0.2, -0.15) is 10.1 Å². The molecule has 33 heavy (non-hydrogen) atoms. The fraction of sp³-hybridized carbons (Fsp3) is 0.261. The summed E-state index contributed by atoms with van der Waals surface area (Å²) in [6.07, 6.45) is 8.25. The molecule has 1 aromatic carbocycles. The van der Waals surface area contributed by atoms with E-state index in [1.165, 1.54) is 4.68 Å². The summed E-state index contributed by atoms with van der Waals surface area (Å²) in [4.78, 5) is 24.6. The largest absolute Gasteiger partial charge is 0.497 e. The second-order valence-electron chi connectivity index (χ2n) is 7.67. The van der Waals surface area contributed by atoms with E-state index in [1.54, 1.807) is 42.8 Å². The molecule has 1 N–H and O–H groups in total. The molecule has 0 aliphatic heterocycles. The number of nitrogens with zero attached hydrogens (tertiary/aromatic N) is 6. The molecular formula is C23H24N6O4. The number of hydrogen-bond donors (Lipinski definition) is 1. The van der Waals surface area contributed by atoms with E-state index in [9.17, 15) is 4.79 Å². The summed E-state index contributed by atoms with van der Waals surface area (Å²) < 4.78 is 14.4. The minimum atomic E-state index is -0.973. The lowest BCUT2D eigenvalue weighted by Gasteiger charge is -2.18. The summed E-state index contributed by atoms with van der Waals surface area (Å²) in [5, 5.41) is 13.3. The van der Waals surface area contributed by atoms with Crippen molar-refractivity contribution in [3.63, 3.8) is 0 Å². The van der Waals surface area contributed by atoms with Crippen LogP contribution in [0.15, 0.2) is 55.4 Å². The van der Waals surface area contributed by atoms with Gasteiger partial charge in [-0.3, -0.25) is 14.0 Å². The number of benzene rings is 1. The lowest BCUT2D eigenvalue weighted by atomic mass is 9.99. The number of carboxylic acid groups (broad SMARTS) is 1. The third-order valence-electron chi connectivity index (χ3n) is 4.95. The average Bonchev–Trinajstić information content (AvgIpc) is 3.49. The minimum Gasteiger partial charge on any atom is -0.497 e. The molecule has 4 aromatic rings. The molecule has 0 unspecified atom stereocenters. The molecule has 0 aliphatic carbocycles. The number of imidazole rings is 1. The van der Waals surface area contributed by atoms with Crippen LogP contribution in [-0.4, -0.2) is 47.5 Å². The summed E-state index contributed by atoms with van der Waals surface area (Å²) in [5.74, 6) is 0.666. The molecule has 4 rings (SSSR count). The van der Waals surface area contributed by atoms with Gasteiger partial charge in [0.2, 0.25) is 11.8 Å². The van der Waals surface area contributed by atoms with Crippen LogP contribution in [0.1, 0.15) is 30.9 Å². The van der Waals surface area contributed by atoms with Gasteiger partial charge in [0, 0.05) is 29.7 Å². The lowest BCUT2D eigenvalue weighted by molar-refractivity contribution is -0.137. The van der Waals surface area contributed by atoms with Gasteiger partial charge in [-0.05, 0) is 23.6 Å². The number of methoxy groups -OCH3 is 1. The van der Waals surface area contributed by atoms with Crippen molar-refractivity contribution in [2.24, 2.45) is 0 Å². The summed E-state index contributed by atoms with van der Waals surface area (Å²) in [7, 11) is 1.62. The Kier molecular flexibility index (Phi) is 6.34. The first-order valence-corrected chi connectivity index (χ1v) is 10.3. The summed E-state index contributed by atoms with van der Waals surface area (Å²) in [5.41, 5.74) is 3.08. The van der Waals surface area contributed by atoms with Crippen LogP contribution in [-0.2, 0) is 17.9 Å². The maximum absolute atomic E-state index is 11.1. The average molecular weight is 448 g/mol. The van der Waals surface area contributed by atoms with E-state index in [-0.39, 0.29) is 12.5 Å². The maximum Gasteiger partial charge on any atom is 0.325 e. The quantitative estimate of drug-likeness (QED) is 0.414. The maximum atomic E-state index is 11.1. The molecule has 0 atom stereocenters. The van der Waals surface area contributed by atoms with Gasteiger partial charge in [0.05, 0.1) is 19.0 Å². The highest BCUT2D eigenvalue weighted by atomic mass is 16.5. The molecule has 0 fully saturated rings. The second-order valence-corrected chi connectivity index (χ2v) is 7.67. The predicted molar refractivity (Wildman–Crippen MR) is 119 cm³/mol. The van der Waals surface area contributed by atoms with E-state index < -0.39 is 5.97 Å². The van der Waals surface area contributed by atoms with Gasteiger partial charge in [0.25, 0.3) is 0 Å². The van der Waals surface area contributed by atoms with Gasteiger partial charge in [0.15, 0.2) is 0 Å². The van der Waals surface area contributed by atoms with E-state index >= 15 is 0 Å². The third-order valence-corrected chi connectivity index (χ3v) is 4.95. The molecule has 0 amide bonds. The Balaban J connectivity index is 1.76. The molecule has 0 saturated heterocycles. The zero-order valence-corrected chi connectivity index (χ0v) is 18.5. The van der Waals surface area contributed by atoms with Crippen molar-refractivity contribution in [1.29, 1.82) is 0 Å². The molecule has 0 aliphatic rings. The monoisotopic (exact) mass is 448 g/mol. The van der Waals surface area contributed by atoms with Crippen molar-refractivity contribution in [2.45, 2.75) is 32.9 Å². The molecular weight excluding hydrogens is 424 g/mol. The SMILES string of the molecule is COc1ccc(COc2nc(-n3ccnc3)nc(-c3cnn(CC(=O)O)c3)c2C(C)C)cc1. The van der Waals surface area contributed by atoms with Crippen LogP contribution >= 0.6 is 0 Å². The number of ether oxygens (including phenoxy) is 2. The van der Waals surface area contributed by atoms with Gasteiger partial charge >= 0.3 is 5.97 Å². The first kappa shape index (κ1) is 22.0. The molecule has 3 heterocycles. The molecule has 0 radical (unpaired) electrons. The highest BCUT2D eigenvalue weighted by molar-refractivity contribution is 5.68. The molecule has 0 bridgehead atoms. The third kappa shape index (κ3) is 5.00. The van der Waals surface area contributed by atoms with E-state index in [1.807, 2.05) is 38.1 Å². The number of carbonyl (C=O) groups is 1. The summed E-state index contributed by atoms with van der Waals surface area (Å²) in [6.45, 7) is 4.13. The smallest absolute Gasteiger partial charge is 0.325 e. The van der Waals surface area contributed by atoms with Crippen molar-refractivity contribution < 1.29 is 19.4 Å². The van der Waals surface area contributed by atoms with E-state index in [2.05, 4.69) is 15.1 Å². The van der Waals surface area contributed by atoms with E-state index in [0.29, 0.717) is 29.7 Å². The van der Waals surface area contributed by atoms with Gasteiger partial charge in [-0.15, -0.1) is 0 Å². The number of aromatic nitrogens is 6. The Hall–Kier alpha value is -4.21. The standard InChI is InChI=1S/C23H24N6O4/c1-15(2)20-21(17-10-25-29(11-17)12-19(30)31)26-23(28-9-8-24-14-28)27-22(20)33-13-16-4-6-18(32-3)7-5-16/h4-11,14-15H,12-13H2,1-3H3,(H,30,31). The van der Waals surface area contributed by atoms with Gasteiger partial charge in [-0.25, -0.2) is 9.97 Å². The second kappa shape index (κ2) is 9.51. The van der Waals surface area contributed by atoms with Gasteiger partial charge in [-0.1, -0.05) is 26.0 Å². The van der Waals surface area contributed by atoms with Crippen LogP contribution in [0.25, 0.3) is 17.2 Å². The Bertz CT molecular complexity index is 1230. The molecule has 3 aromatic heterocycles. The minimum absolute atomic E-state index is 0.0329. The Morgan fingerprint density at radius 3 is 2.61 bits per heavy atom. The molecule has 0 spiro atoms. The molecule has 0 saturated carbocycles. The highest BCUT2D eigenvalue weighted by Gasteiger charge is 2.22. The predicted octanol–water partition coefficient (Wildman–Crippen LogP) is 3.32. The zero-order chi connectivity index (χ0) is 23.4. The lowest BCUT2D eigenvalue weighted by Crippen LogP contribution is -2.10. The Labute approximate surface area is 190 Å². The fourth-order valence-corrected chi connectivity index (χ4v) is 3.37. The summed E-state index contributed by atoms with van der Waals surface area (Å²) in [6, 6.07) is 7.62. The normalized spacial score (nSPS) is 11.0. The topological polar surface area (TPSA) is 117 Å². The Morgan fingerprint density at radius 1 is 1.18 bits per heavy atom. The van der Waals surface area contributed by atoms with E-state index in [0.717, 1.165) is 16.9 Å². The Morgan fingerprint density at radius 2 is 1.97 bits per heavy atom. The van der Waals surface area contributed by atoms with E-state index in [4.69, 9.17) is 19.6 Å². The van der Waals surface area contributed by atoms with Gasteiger partial charge in [0.1, 0.15) is 25.2 Å². The fourth-order valence-electron chi connectivity index (χ4n) is 3.37. The van der Waals surface area contributed by atoms with Crippen molar-refractivity contribution in [2.75, 3.05) is 7.11 Å². The first-order valence-electron chi connectivity index (χ1n) is 10.3. The number of carboxylic acids is 1. The van der Waals surface area contributed by atoms with Crippen molar-refractivity contribution in [3.05, 3.63) is 66.5 Å².